The van der Waals surface area contributed by atoms with Crippen LogP contribution in [0, 0.1) is 5.92 Å². The standard InChI is InChI=1S/C13H18N4O3/c1-20-13(19)12-15-7-6-10(17-12)16-9-4-2-8(3-5-9)11(14)18/h6-9H,2-5H2,1H3,(H2,14,18)(H,15,16,17). The molecular weight excluding hydrogens is 260 g/mol. The van der Waals surface area contributed by atoms with Gasteiger partial charge in [0.1, 0.15) is 5.82 Å². The number of rotatable bonds is 4. The smallest absolute Gasteiger partial charge is 0.376 e. The lowest BCUT2D eigenvalue weighted by Crippen LogP contribution is -2.32. The number of ether oxygens (including phenoxy) is 1. The minimum atomic E-state index is -0.564. The molecule has 2 rings (SSSR count). The van der Waals surface area contributed by atoms with E-state index in [0.717, 1.165) is 25.7 Å². The van der Waals surface area contributed by atoms with Crippen LogP contribution in [0.15, 0.2) is 12.3 Å². The number of nitrogens with two attached hydrogens (primary N) is 1. The minimum Gasteiger partial charge on any atom is -0.463 e. The lowest BCUT2D eigenvalue weighted by molar-refractivity contribution is -0.122. The van der Waals surface area contributed by atoms with Crippen molar-refractivity contribution in [1.29, 1.82) is 0 Å². The van der Waals surface area contributed by atoms with Gasteiger partial charge in [0.2, 0.25) is 11.7 Å². The first-order valence-corrected chi connectivity index (χ1v) is 6.57. The second kappa shape index (κ2) is 6.31. The number of hydrogen-bond acceptors (Lipinski definition) is 6. The van der Waals surface area contributed by atoms with E-state index in [1.54, 1.807) is 6.07 Å². The van der Waals surface area contributed by atoms with Crippen molar-refractivity contribution in [3.05, 3.63) is 18.1 Å². The quantitative estimate of drug-likeness (QED) is 0.786. The normalized spacial score (nSPS) is 22.1. The summed E-state index contributed by atoms with van der Waals surface area (Å²) in [6.45, 7) is 0. The second-order valence-electron chi connectivity index (χ2n) is 4.85. The number of anilines is 1. The first kappa shape index (κ1) is 14.2. The lowest BCUT2D eigenvalue weighted by Gasteiger charge is -2.27. The summed E-state index contributed by atoms with van der Waals surface area (Å²) in [5.74, 6) is -0.195. The zero-order chi connectivity index (χ0) is 14.5. The molecule has 1 aliphatic rings. The monoisotopic (exact) mass is 278 g/mol. The van der Waals surface area contributed by atoms with Crippen LogP contribution in [-0.4, -0.2) is 35.0 Å². The molecule has 0 radical (unpaired) electrons. The van der Waals surface area contributed by atoms with Gasteiger partial charge in [0, 0.05) is 18.2 Å². The molecule has 1 amide bonds. The fraction of sp³-hybridized carbons (Fsp3) is 0.538. The Hall–Kier alpha value is -2.18. The molecule has 1 aromatic heterocycles. The molecule has 0 atom stereocenters. The van der Waals surface area contributed by atoms with E-state index in [0.29, 0.717) is 5.82 Å². The molecule has 7 heteroatoms. The number of methoxy groups -OCH3 is 1. The van der Waals surface area contributed by atoms with Crippen LogP contribution in [0.25, 0.3) is 0 Å². The molecule has 1 saturated carbocycles. The van der Waals surface area contributed by atoms with Crippen molar-refractivity contribution in [2.24, 2.45) is 11.7 Å². The zero-order valence-corrected chi connectivity index (χ0v) is 11.3. The van der Waals surface area contributed by atoms with Crippen LogP contribution in [0.5, 0.6) is 0 Å². The van der Waals surface area contributed by atoms with Gasteiger partial charge in [-0.2, -0.15) is 0 Å². The Bertz CT molecular complexity index is 498. The van der Waals surface area contributed by atoms with Gasteiger partial charge in [-0.3, -0.25) is 4.79 Å². The Balaban J connectivity index is 1.94. The van der Waals surface area contributed by atoms with Crippen molar-refractivity contribution < 1.29 is 14.3 Å². The van der Waals surface area contributed by atoms with Gasteiger partial charge in [-0.25, -0.2) is 14.8 Å². The molecule has 0 spiro atoms. The molecule has 1 aromatic rings. The highest BCUT2D eigenvalue weighted by atomic mass is 16.5. The van der Waals surface area contributed by atoms with Crippen LogP contribution >= 0.6 is 0 Å². The number of nitrogens with zero attached hydrogens (tertiary/aromatic N) is 2. The molecule has 3 N–H and O–H groups in total. The first-order valence-electron chi connectivity index (χ1n) is 6.57. The maximum absolute atomic E-state index is 11.3. The van der Waals surface area contributed by atoms with Crippen LogP contribution in [0.4, 0.5) is 5.82 Å². The van der Waals surface area contributed by atoms with Crippen LogP contribution in [0.1, 0.15) is 36.3 Å². The highest BCUT2D eigenvalue weighted by molar-refractivity contribution is 5.85. The van der Waals surface area contributed by atoms with Crippen molar-refractivity contribution in [2.45, 2.75) is 31.7 Å². The van der Waals surface area contributed by atoms with Crippen LogP contribution in [0.2, 0.25) is 0 Å². The van der Waals surface area contributed by atoms with Crippen molar-refractivity contribution in [3.8, 4) is 0 Å². The van der Waals surface area contributed by atoms with Gasteiger partial charge in [0.05, 0.1) is 7.11 Å². The second-order valence-corrected chi connectivity index (χ2v) is 4.85. The summed E-state index contributed by atoms with van der Waals surface area (Å²) in [6, 6.07) is 1.93. The average molecular weight is 278 g/mol. The summed E-state index contributed by atoms with van der Waals surface area (Å²) >= 11 is 0. The summed E-state index contributed by atoms with van der Waals surface area (Å²) < 4.78 is 4.58. The molecule has 7 nitrogen and oxygen atoms in total. The summed E-state index contributed by atoms with van der Waals surface area (Å²) in [6.07, 6.45) is 4.77. The van der Waals surface area contributed by atoms with E-state index in [9.17, 15) is 9.59 Å². The number of primary amides is 1. The molecule has 0 bridgehead atoms. The Morgan fingerprint density at radius 1 is 1.35 bits per heavy atom. The van der Waals surface area contributed by atoms with Crippen LogP contribution in [-0.2, 0) is 9.53 Å². The number of esters is 1. The predicted octanol–water partition coefficient (Wildman–Crippen LogP) is 0.719. The van der Waals surface area contributed by atoms with E-state index in [1.807, 2.05) is 0 Å². The SMILES string of the molecule is COC(=O)c1nccc(NC2CCC(C(N)=O)CC2)n1. The van der Waals surface area contributed by atoms with E-state index < -0.39 is 5.97 Å². The zero-order valence-electron chi connectivity index (χ0n) is 11.3. The van der Waals surface area contributed by atoms with Crippen molar-refractivity contribution >= 4 is 17.7 Å². The van der Waals surface area contributed by atoms with Gasteiger partial charge >= 0.3 is 5.97 Å². The molecule has 108 valence electrons. The molecule has 20 heavy (non-hydrogen) atoms. The highest BCUT2D eigenvalue weighted by Crippen LogP contribution is 2.25. The van der Waals surface area contributed by atoms with Gasteiger partial charge in [-0.1, -0.05) is 0 Å². The number of hydrogen-bond donors (Lipinski definition) is 2. The highest BCUT2D eigenvalue weighted by Gasteiger charge is 2.24. The van der Waals surface area contributed by atoms with Gasteiger partial charge in [-0.05, 0) is 31.7 Å². The van der Waals surface area contributed by atoms with Gasteiger partial charge < -0.3 is 15.8 Å². The predicted molar refractivity (Wildman–Crippen MR) is 71.9 cm³/mol. The van der Waals surface area contributed by atoms with Gasteiger partial charge in [0.15, 0.2) is 0 Å². The summed E-state index contributed by atoms with van der Waals surface area (Å²) in [7, 11) is 1.29. The number of carbonyl (C=O) groups excluding carboxylic acids is 2. The number of nitrogens with one attached hydrogen (secondary N) is 1. The number of amides is 1. The van der Waals surface area contributed by atoms with Crippen molar-refractivity contribution in [3.63, 3.8) is 0 Å². The van der Waals surface area contributed by atoms with Gasteiger partial charge in [0.25, 0.3) is 0 Å². The molecule has 0 saturated heterocycles. The fourth-order valence-corrected chi connectivity index (χ4v) is 2.36. The third kappa shape index (κ3) is 3.43. The Kier molecular flexibility index (Phi) is 4.49. The van der Waals surface area contributed by atoms with Crippen LogP contribution < -0.4 is 11.1 Å². The Labute approximate surface area is 116 Å². The molecule has 0 unspecified atom stereocenters. The first-order chi connectivity index (χ1) is 9.60. The average Bonchev–Trinajstić information content (AvgIpc) is 2.47. The summed E-state index contributed by atoms with van der Waals surface area (Å²) in [4.78, 5) is 30.4. The van der Waals surface area contributed by atoms with Crippen molar-refractivity contribution in [2.75, 3.05) is 12.4 Å². The maximum Gasteiger partial charge on any atom is 0.376 e. The van der Waals surface area contributed by atoms with Crippen molar-refractivity contribution in [1.82, 2.24) is 9.97 Å². The van der Waals surface area contributed by atoms with E-state index >= 15 is 0 Å². The molecule has 0 aromatic carbocycles. The molecule has 1 aliphatic carbocycles. The molecule has 1 heterocycles. The van der Waals surface area contributed by atoms with E-state index in [4.69, 9.17) is 5.73 Å². The third-order valence-corrected chi connectivity index (χ3v) is 3.51. The number of carbonyl (C=O) groups is 2. The molecular formula is C13H18N4O3. The fourth-order valence-electron chi connectivity index (χ4n) is 2.36. The maximum atomic E-state index is 11.3. The number of aromatic nitrogens is 2. The topological polar surface area (TPSA) is 107 Å². The third-order valence-electron chi connectivity index (χ3n) is 3.51. The van der Waals surface area contributed by atoms with E-state index in [-0.39, 0.29) is 23.7 Å². The van der Waals surface area contributed by atoms with Crippen LogP contribution in [0.3, 0.4) is 0 Å². The Morgan fingerprint density at radius 2 is 2.05 bits per heavy atom. The molecule has 1 fully saturated rings. The lowest BCUT2D eigenvalue weighted by atomic mass is 9.85. The van der Waals surface area contributed by atoms with E-state index in [1.165, 1.54) is 13.3 Å². The summed E-state index contributed by atoms with van der Waals surface area (Å²) in [5, 5.41) is 3.25. The largest absolute Gasteiger partial charge is 0.463 e. The van der Waals surface area contributed by atoms with E-state index in [2.05, 4.69) is 20.0 Å². The molecule has 0 aliphatic heterocycles. The van der Waals surface area contributed by atoms with Gasteiger partial charge in [-0.15, -0.1) is 0 Å². The minimum absolute atomic E-state index is 0.0240. The Morgan fingerprint density at radius 3 is 2.65 bits per heavy atom. The summed E-state index contributed by atoms with van der Waals surface area (Å²) in [5.41, 5.74) is 5.30.